The summed E-state index contributed by atoms with van der Waals surface area (Å²) in [6.07, 6.45) is 6.47. The average molecular weight is 254 g/mol. The number of amides is 1. The van der Waals surface area contributed by atoms with Crippen LogP contribution in [0.4, 0.5) is 0 Å². The predicted octanol–water partition coefficient (Wildman–Crippen LogP) is 2.56. The Hall–Kier alpha value is -0.570. The Labute approximate surface area is 112 Å². The largest absolute Gasteiger partial charge is 0.355 e. The van der Waals surface area contributed by atoms with Crippen LogP contribution in [0, 0.1) is 17.3 Å². The molecule has 0 aromatic carbocycles. The lowest BCUT2D eigenvalue weighted by Gasteiger charge is -2.31. The Morgan fingerprint density at radius 2 is 1.83 bits per heavy atom. The lowest BCUT2D eigenvalue weighted by atomic mass is 9.78. The first-order valence-electron chi connectivity index (χ1n) is 7.41. The summed E-state index contributed by atoms with van der Waals surface area (Å²) in [5.74, 6) is 0.974. The van der Waals surface area contributed by atoms with Crippen molar-refractivity contribution >= 4 is 5.91 Å². The quantitative estimate of drug-likeness (QED) is 0.733. The van der Waals surface area contributed by atoms with E-state index < -0.39 is 0 Å². The minimum Gasteiger partial charge on any atom is -0.355 e. The Bertz CT molecular complexity index is 257. The van der Waals surface area contributed by atoms with Gasteiger partial charge in [0, 0.05) is 19.0 Å². The maximum absolute atomic E-state index is 12.0. The monoisotopic (exact) mass is 254 g/mol. The molecule has 18 heavy (non-hydrogen) atoms. The molecule has 1 rings (SSSR count). The van der Waals surface area contributed by atoms with E-state index in [-0.39, 0.29) is 11.8 Å². The molecule has 1 aliphatic rings. The zero-order chi connectivity index (χ0) is 13.6. The van der Waals surface area contributed by atoms with Crippen LogP contribution in [0.5, 0.6) is 0 Å². The van der Waals surface area contributed by atoms with Crippen LogP contribution in [0.3, 0.4) is 0 Å². The summed E-state index contributed by atoms with van der Waals surface area (Å²) in [5, 5.41) is 6.23. The van der Waals surface area contributed by atoms with Crippen molar-refractivity contribution in [3.05, 3.63) is 0 Å². The third kappa shape index (κ3) is 4.60. The van der Waals surface area contributed by atoms with Crippen LogP contribution in [0.25, 0.3) is 0 Å². The molecule has 0 bridgehead atoms. The van der Waals surface area contributed by atoms with Crippen molar-refractivity contribution in [1.82, 2.24) is 10.6 Å². The molecule has 0 aromatic heterocycles. The molecule has 1 fully saturated rings. The highest BCUT2D eigenvalue weighted by molar-refractivity contribution is 5.78. The molecule has 0 spiro atoms. The fraction of sp³-hybridized carbons (Fsp3) is 0.933. The van der Waals surface area contributed by atoms with Crippen LogP contribution in [-0.4, -0.2) is 26.0 Å². The molecule has 106 valence electrons. The minimum absolute atomic E-state index is 0.0625. The normalized spacial score (nSPS) is 20.1. The van der Waals surface area contributed by atoms with Gasteiger partial charge in [0.25, 0.3) is 0 Å². The van der Waals surface area contributed by atoms with Crippen molar-refractivity contribution in [2.75, 3.05) is 20.1 Å². The van der Waals surface area contributed by atoms with Gasteiger partial charge in [0.2, 0.25) is 5.91 Å². The summed E-state index contributed by atoms with van der Waals surface area (Å²) < 4.78 is 0. The van der Waals surface area contributed by atoms with E-state index in [1.807, 2.05) is 14.0 Å². The maximum atomic E-state index is 12.0. The molecular formula is C15H30N2O. The van der Waals surface area contributed by atoms with E-state index in [1.165, 1.54) is 32.1 Å². The van der Waals surface area contributed by atoms with Gasteiger partial charge in [-0.15, -0.1) is 0 Å². The maximum Gasteiger partial charge on any atom is 0.224 e. The molecule has 3 heteroatoms. The third-order valence-electron chi connectivity index (χ3n) is 4.10. The fourth-order valence-corrected chi connectivity index (χ4v) is 3.29. The van der Waals surface area contributed by atoms with Gasteiger partial charge in [-0.2, -0.15) is 0 Å². The van der Waals surface area contributed by atoms with E-state index in [0.29, 0.717) is 5.41 Å². The van der Waals surface area contributed by atoms with Crippen molar-refractivity contribution in [2.45, 2.75) is 52.9 Å². The van der Waals surface area contributed by atoms with E-state index in [0.717, 1.165) is 19.0 Å². The molecule has 3 nitrogen and oxygen atoms in total. The van der Waals surface area contributed by atoms with Crippen molar-refractivity contribution in [2.24, 2.45) is 17.3 Å². The lowest BCUT2D eigenvalue weighted by Crippen LogP contribution is -2.41. The highest BCUT2D eigenvalue weighted by atomic mass is 16.1. The Kier molecular flexibility index (Phi) is 6.13. The van der Waals surface area contributed by atoms with E-state index in [9.17, 15) is 4.79 Å². The van der Waals surface area contributed by atoms with Gasteiger partial charge in [-0.1, -0.05) is 33.6 Å². The van der Waals surface area contributed by atoms with Gasteiger partial charge < -0.3 is 10.6 Å². The van der Waals surface area contributed by atoms with Crippen LogP contribution in [0.2, 0.25) is 0 Å². The molecule has 1 amide bonds. The first-order chi connectivity index (χ1) is 8.49. The van der Waals surface area contributed by atoms with Crippen molar-refractivity contribution < 1.29 is 4.79 Å². The molecule has 0 saturated heterocycles. The fourth-order valence-electron chi connectivity index (χ4n) is 3.29. The summed E-state index contributed by atoms with van der Waals surface area (Å²) in [4.78, 5) is 12.0. The summed E-state index contributed by atoms with van der Waals surface area (Å²) >= 11 is 0. The standard InChI is InChI=1S/C15H30N2O/c1-12(2)9-15(7-5-6-8-15)11-17-14(18)13(3)10-16-4/h12-13,16H,5-11H2,1-4H3,(H,17,18). The average Bonchev–Trinajstić information content (AvgIpc) is 2.74. The van der Waals surface area contributed by atoms with E-state index in [4.69, 9.17) is 0 Å². The molecule has 0 radical (unpaired) electrons. The van der Waals surface area contributed by atoms with Gasteiger partial charge in [-0.05, 0) is 37.6 Å². The van der Waals surface area contributed by atoms with Gasteiger partial charge in [-0.25, -0.2) is 0 Å². The van der Waals surface area contributed by atoms with Crippen molar-refractivity contribution in [1.29, 1.82) is 0 Å². The zero-order valence-electron chi connectivity index (χ0n) is 12.5. The van der Waals surface area contributed by atoms with Crippen LogP contribution in [-0.2, 0) is 4.79 Å². The van der Waals surface area contributed by atoms with Crippen molar-refractivity contribution in [3.8, 4) is 0 Å². The Morgan fingerprint density at radius 3 is 2.33 bits per heavy atom. The van der Waals surface area contributed by atoms with Crippen LogP contribution < -0.4 is 10.6 Å². The lowest BCUT2D eigenvalue weighted by molar-refractivity contribution is -0.124. The number of hydrogen-bond acceptors (Lipinski definition) is 2. The molecule has 0 heterocycles. The van der Waals surface area contributed by atoms with Crippen LogP contribution in [0.1, 0.15) is 52.9 Å². The second-order valence-electron chi connectivity index (χ2n) is 6.48. The Balaban J connectivity index is 2.45. The molecule has 1 saturated carbocycles. The van der Waals surface area contributed by atoms with Gasteiger partial charge >= 0.3 is 0 Å². The molecule has 1 unspecified atom stereocenters. The van der Waals surface area contributed by atoms with E-state index in [2.05, 4.69) is 24.5 Å². The summed E-state index contributed by atoms with van der Waals surface area (Å²) in [6.45, 7) is 8.17. The topological polar surface area (TPSA) is 41.1 Å². The molecule has 2 N–H and O–H groups in total. The Morgan fingerprint density at radius 1 is 1.22 bits per heavy atom. The highest BCUT2D eigenvalue weighted by Crippen LogP contribution is 2.42. The molecule has 1 atom stereocenters. The third-order valence-corrected chi connectivity index (χ3v) is 4.10. The highest BCUT2D eigenvalue weighted by Gasteiger charge is 2.34. The summed E-state index contributed by atoms with van der Waals surface area (Å²) in [7, 11) is 1.89. The molecule has 0 aliphatic heterocycles. The first-order valence-corrected chi connectivity index (χ1v) is 7.41. The SMILES string of the molecule is CNCC(C)C(=O)NCC1(CC(C)C)CCCC1. The van der Waals surface area contributed by atoms with E-state index >= 15 is 0 Å². The summed E-state index contributed by atoms with van der Waals surface area (Å²) in [6, 6.07) is 0. The van der Waals surface area contributed by atoms with E-state index in [1.54, 1.807) is 0 Å². The first kappa shape index (κ1) is 15.5. The smallest absolute Gasteiger partial charge is 0.224 e. The van der Waals surface area contributed by atoms with Crippen molar-refractivity contribution in [3.63, 3.8) is 0 Å². The number of carbonyl (C=O) groups excluding carboxylic acids is 1. The van der Waals surface area contributed by atoms with Gasteiger partial charge in [-0.3, -0.25) is 4.79 Å². The van der Waals surface area contributed by atoms with Gasteiger partial charge in [0.15, 0.2) is 0 Å². The molecule has 1 aliphatic carbocycles. The van der Waals surface area contributed by atoms with Crippen LogP contribution in [0.15, 0.2) is 0 Å². The van der Waals surface area contributed by atoms with Gasteiger partial charge in [0.05, 0.1) is 0 Å². The number of rotatable bonds is 7. The number of carbonyl (C=O) groups is 1. The zero-order valence-corrected chi connectivity index (χ0v) is 12.5. The molecular weight excluding hydrogens is 224 g/mol. The summed E-state index contributed by atoms with van der Waals surface area (Å²) in [5.41, 5.74) is 0.378. The van der Waals surface area contributed by atoms with Gasteiger partial charge in [0.1, 0.15) is 0 Å². The predicted molar refractivity (Wildman–Crippen MR) is 76.5 cm³/mol. The second-order valence-corrected chi connectivity index (χ2v) is 6.48. The second kappa shape index (κ2) is 7.13. The minimum atomic E-state index is 0.0625. The van der Waals surface area contributed by atoms with Crippen LogP contribution >= 0.6 is 0 Å². The number of hydrogen-bond donors (Lipinski definition) is 2. The molecule has 0 aromatic rings. The number of nitrogens with one attached hydrogen (secondary N) is 2.